The molecular formula is C24H19N3O2S. The minimum Gasteiger partial charge on any atom is -0.290 e. The molecule has 0 radical (unpaired) electrons. The standard InChI is InChI=1S/C24H19N3O2S/c1-26-23(29)18-10-2-5-11-19(18)25-24(26)30-15-14-22(28)27-20-12-6-3-8-16(20)17-9-4-7-13-21(17)27/h2-13H,14-15H2,1H3. The maximum Gasteiger partial charge on any atom is 0.261 e. The van der Waals surface area contributed by atoms with E-state index in [1.54, 1.807) is 22.2 Å². The number of rotatable bonds is 4. The highest BCUT2D eigenvalue weighted by atomic mass is 32.2. The molecule has 0 aliphatic rings. The van der Waals surface area contributed by atoms with Gasteiger partial charge in [-0.05, 0) is 24.3 Å². The highest BCUT2D eigenvalue weighted by Crippen LogP contribution is 2.29. The van der Waals surface area contributed by atoms with Crippen molar-refractivity contribution < 1.29 is 4.79 Å². The Labute approximate surface area is 177 Å². The third-order valence-corrected chi connectivity index (χ3v) is 6.35. The van der Waals surface area contributed by atoms with Crippen molar-refractivity contribution in [1.29, 1.82) is 0 Å². The van der Waals surface area contributed by atoms with Crippen LogP contribution in [0.25, 0.3) is 32.7 Å². The van der Waals surface area contributed by atoms with E-state index in [1.165, 1.54) is 11.8 Å². The van der Waals surface area contributed by atoms with Gasteiger partial charge in [0.15, 0.2) is 5.16 Å². The molecule has 148 valence electrons. The molecule has 0 aliphatic carbocycles. The highest BCUT2D eigenvalue weighted by molar-refractivity contribution is 7.99. The van der Waals surface area contributed by atoms with Crippen LogP contribution in [0.1, 0.15) is 11.2 Å². The number of benzene rings is 3. The fraction of sp³-hybridized carbons (Fsp3) is 0.125. The van der Waals surface area contributed by atoms with Crippen molar-refractivity contribution in [2.45, 2.75) is 11.6 Å². The summed E-state index contributed by atoms with van der Waals surface area (Å²) in [7, 11) is 1.72. The van der Waals surface area contributed by atoms with Gasteiger partial charge in [-0.15, -0.1) is 0 Å². The van der Waals surface area contributed by atoms with Crippen LogP contribution in [0.2, 0.25) is 0 Å². The molecule has 6 heteroatoms. The van der Waals surface area contributed by atoms with Crippen LogP contribution < -0.4 is 5.56 Å². The van der Waals surface area contributed by atoms with Crippen LogP contribution in [0.4, 0.5) is 0 Å². The molecule has 5 aromatic rings. The summed E-state index contributed by atoms with van der Waals surface area (Å²) in [5.41, 5.74) is 2.45. The molecule has 5 rings (SSSR count). The first kappa shape index (κ1) is 18.6. The van der Waals surface area contributed by atoms with Gasteiger partial charge in [-0.2, -0.15) is 0 Å². The maximum absolute atomic E-state index is 13.1. The highest BCUT2D eigenvalue weighted by Gasteiger charge is 2.16. The molecule has 0 bridgehead atoms. The van der Waals surface area contributed by atoms with Gasteiger partial charge in [0, 0.05) is 30.0 Å². The largest absolute Gasteiger partial charge is 0.290 e. The first-order chi connectivity index (χ1) is 14.6. The van der Waals surface area contributed by atoms with E-state index >= 15 is 0 Å². The second kappa shape index (κ2) is 7.46. The molecule has 0 fully saturated rings. The molecule has 30 heavy (non-hydrogen) atoms. The normalized spacial score (nSPS) is 11.5. The van der Waals surface area contributed by atoms with Crippen LogP contribution >= 0.6 is 11.8 Å². The smallest absolute Gasteiger partial charge is 0.261 e. The lowest BCUT2D eigenvalue weighted by atomic mass is 10.2. The van der Waals surface area contributed by atoms with Gasteiger partial charge in [-0.25, -0.2) is 4.98 Å². The lowest BCUT2D eigenvalue weighted by Crippen LogP contribution is -2.20. The zero-order valence-electron chi connectivity index (χ0n) is 16.4. The van der Waals surface area contributed by atoms with Crippen molar-refractivity contribution in [3.05, 3.63) is 83.2 Å². The van der Waals surface area contributed by atoms with Gasteiger partial charge in [-0.1, -0.05) is 60.3 Å². The Bertz CT molecular complexity index is 1430. The summed E-state index contributed by atoms with van der Waals surface area (Å²) in [5.74, 6) is 0.573. The third-order valence-electron chi connectivity index (χ3n) is 5.32. The fourth-order valence-electron chi connectivity index (χ4n) is 3.86. The second-order valence-corrected chi connectivity index (χ2v) is 8.20. The molecule has 0 amide bonds. The average molecular weight is 414 g/mol. The summed E-state index contributed by atoms with van der Waals surface area (Å²) in [4.78, 5) is 30.3. The molecule has 5 nitrogen and oxygen atoms in total. The van der Waals surface area contributed by atoms with E-state index in [0.717, 1.165) is 21.8 Å². The molecular weight excluding hydrogens is 394 g/mol. The minimum atomic E-state index is -0.0724. The molecule has 2 aromatic heterocycles. The first-order valence-electron chi connectivity index (χ1n) is 9.75. The van der Waals surface area contributed by atoms with Crippen molar-refractivity contribution in [2.24, 2.45) is 7.05 Å². The van der Waals surface area contributed by atoms with E-state index in [1.807, 2.05) is 66.7 Å². The van der Waals surface area contributed by atoms with E-state index in [0.29, 0.717) is 28.2 Å². The number of aromatic nitrogens is 3. The molecule has 0 atom stereocenters. The van der Waals surface area contributed by atoms with E-state index in [9.17, 15) is 9.59 Å². The van der Waals surface area contributed by atoms with Gasteiger partial charge in [-0.3, -0.25) is 18.7 Å². The van der Waals surface area contributed by atoms with E-state index in [4.69, 9.17) is 0 Å². The van der Waals surface area contributed by atoms with E-state index in [-0.39, 0.29) is 11.5 Å². The zero-order valence-corrected chi connectivity index (χ0v) is 17.2. The van der Waals surface area contributed by atoms with Gasteiger partial charge >= 0.3 is 0 Å². The van der Waals surface area contributed by atoms with Crippen molar-refractivity contribution >= 4 is 50.4 Å². The number of carbonyl (C=O) groups excluding carboxylic acids is 1. The summed E-state index contributed by atoms with van der Waals surface area (Å²) in [5, 5.41) is 3.37. The number of fused-ring (bicyclic) bond motifs is 4. The lowest BCUT2D eigenvalue weighted by molar-refractivity contribution is 0.0920. The summed E-state index contributed by atoms with van der Waals surface area (Å²) in [6.45, 7) is 0. The second-order valence-electron chi connectivity index (χ2n) is 7.14. The Morgan fingerprint density at radius 3 is 2.10 bits per heavy atom. The van der Waals surface area contributed by atoms with Crippen LogP contribution in [0, 0.1) is 0 Å². The maximum atomic E-state index is 13.1. The molecule has 0 aliphatic heterocycles. The van der Waals surface area contributed by atoms with Crippen LogP contribution in [-0.2, 0) is 7.05 Å². The Kier molecular flexibility index (Phi) is 4.64. The van der Waals surface area contributed by atoms with E-state index < -0.39 is 0 Å². The van der Waals surface area contributed by atoms with Gasteiger partial charge in [0.1, 0.15) is 0 Å². The molecule has 0 saturated carbocycles. The average Bonchev–Trinajstić information content (AvgIpc) is 3.11. The number of hydrogen-bond acceptors (Lipinski definition) is 4. The number of nitrogens with zero attached hydrogens (tertiary/aromatic N) is 3. The number of hydrogen-bond donors (Lipinski definition) is 0. The van der Waals surface area contributed by atoms with Crippen LogP contribution in [-0.4, -0.2) is 25.8 Å². The molecule has 3 aromatic carbocycles. The van der Waals surface area contributed by atoms with Crippen LogP contribution in [0.5, 0.6) is 0 Å². The van der Waals surface area contributed by atoms with Gasteiger partial charge < -0.3 is 0 Å². The molecule has 2 heterocycles. The quantitative estimate of drug-likeness (QED) is 0.312. The minimum absolute atomic E-state index is 0.0330. The predicted molar refractivity (Wildman–Crippen MR) is 122 cm³/mol. The Hall–Kier alpha value is -3.38. The summed E-state index contributed by atoms with van der Waals surface area (Å²) >= 11 is 1.43. The summed E-state index contributed by atoms with van der Waals surface area (Å²) < 4.78 is 3.36. The van der Waals surface area contributed by atoms with Crippen molar-refractivity contribution in [1.82, 2.24) is 14.1 Å². The molecule has 0 saturated heterocycles. The van der Waals surface area contributed by atoms with Gasteiger partial charge in [0.05, 0.1) is 21.9 Å². The van der Waals surface area contributed by atoms with Crippen molar-refractivity contribution in [3.8, 4) is 0 Å². The Balaban J connectivity index is 1.43. The Morgan fingerprint density at radius 1 is 0.867 bits per heavy atom. The van der Waals surface area contributed by atoms with Gasteiger partial charge in [0.25, 0.3) is 5.56 Å². The monoisotopic (exact) mass is 413 g/mol. The Morgan fingerprint density at radius 2 is 1.43 bits per heavy atom. The molecule has 0 N–H and O–H groups in total. The third kappa shape index (κ3) is 3.00. The van der Waals surface area contributed by atoms with Crippen molar-refractivity contribution in [2.75, 3.05) is 5.75 Å². The summed E-state index contributed by atoms with van der Waals surface area (Å²) in [6, 6.07) is 23.3. The zero-order chi connectivity index (χ0) is 20.7. The van der Waals surface area contributed by atoms with Crippen molar-refractivity contribution in [3.63, 3.8) is 0 Å². The molecule has 0 unspecified atom stereocenters. The number of para-hydroxylation sites is 3. The van der Waals surface area contributed by atoms with Crippen LogP contribution in [0.15, 0.2) is 82.7 Å². The number of thioether (sulfide) groups is 1. The lowest BCUT2D eigenvalue weighted by Gasteiger charge is -2.09. The first-order valence-corrected chi connectivity index (χ1v) is 10.7. The predicted octanol–water partition coefficient (Wildman–Crippen LogP) is 4.86. The topological polar surface area (TPSA) is 56.9 Å². The summed E-state index contributed by atoms with van der Waals surface area (Å²) in [6.07, 6.45) is 0.343. The molecule has 0 spiro atoms. The SMILES string of the molecule is Cn1c(SCCC(=O)n2c3ccccc3c3ccccc32)nc2ccccc2c1=O. The van der Waals surface area contributed by atoms with Crippen LogP contribution in [0.3, 0.4) is 0 Å². The van der Waals surface area contributed by atoms with Gasteiger partial charge in [0.2, 0.25) is 5.91 Å². The van der Waals surface area contributed by atoms with E-state index in [2.05, 4.69) is 4.98 Å². The number of carbonyl (C=O) groups is 1. The fourth-order valence-corrected chi connectivity index (χ4v) is 4.76.